The number of hydrogen-bond acceptors (Lipinski definition) is 4. The van der Waals surface area contributed by atoms with E-state index in [2.05, 4.69) is 54.1 Å². The van der Waals surface area contributed by atoms with Crippen molar-refractivity contribution in [2.45, 2.75) is 13.8 Å². The molecule has 1 aliphatic rings. The van der Waals surface area contributed by atoms with Crippen molar-refractivity contribution in [3.63, 3.8) is 0 Å². The molecule has 3 heterocycles. The van der Waals surface area contributed by atoms with Gasteiger partial charge in [-0.3, -0.25) is 9.59 Å². The van der Waals surface area contributed by atoms with Crippen LogP contribution in [0.3, 0.4) is 0 Å². The van der Waals surface area contributed by atoms with Gasteiger partial charge in [0.25, 0.3) is 0 Å². The number of Topliss-reactive ketones (excluding diaryl/α,β-unsaturated/α-hetero) is 2. The van der Waals surface area contributed by atoms with E-state index in [9.17, 15) is 9.59 Å². The van der Waals surface area contributed by atoms with Gasteiger partial charge >= 0.3 is 0 Å². The van der Waals surface area contributed by atoms with Crippen LogP contribution in [0.4, 0.5) is 0 Å². The fourth-order valence-electron chi connectivity index (χ4n) is 4.41. The molecule has 156 valence electrons. The third-order valence-electron chi connectivity index (χ3n) is 6.33. The molecule has 3 aromatic heterocycles. The predicted octanol–water partition coefficient (Wildman–Crippen LogP) is 7.20. The largest absolute Gasteiger partial charge is 0.342 e. The molecule has 0 spiro atoms. The zero-order chi connectivity index (χ0) is 22.1. The van der Waals surface area contributed by atoms with Crippen LogP contribution in [0.25, 0.3) is 36.9 Å². The first-order valence-electron chi connectivity index (χ1n) is 10.4. The second-order valence-electron chi connectivity index (χ2n) is 8.33. The molecule has 5 heteroatoms. The van der Waals surface area contributed by atoms with Crippen molar-refractivity contribution in [2.75, 3.05) is 0 Å². The average molecular weight is 454 g/mol. The number of allylic oxidation sites excluding steroid dienone is 1. The van der Waals surface area contributed by atoms with E-state index in [-0.39, 0.29) is 17.1 Å². The van der Waals surface area contributed by atoms with Crippen LogP contribution in [0, 0.1) is 13.8 Å². The quantitative estimate of drug-likeness (QED) is 0.209. The molecule has 5 aromatic rings. The molecule has 3 nitrogen and oxygen atoms in total. The summed E-state index contributed by atoms with van der Waals surface area (Å²) in [4.78, 5) is 28.0. The van der Waals surface area contributed by atoms with Gasteiger partial charge in [-0.1, -0.05) is 18.2 Å². The molecule has 32 heavy (non-hydrogen) atoms. The van der Waals surface area contributed by atoms with E-state index in [1.165, 1.54) is 20.7 Å². The van der Waals surface area contributed by atoms with E-state index in [0.29, 0.717) is 11.1 Å². The number of hydrogen-bond donors (Lipinski definition) is 0. The zero-order valence-corrected chi connectivity index (χ0v) is 19.5. The fraction of sp³-hybridized carbons (Fsp3) is 0.111. The Labute approximate surface area is 193 Å². The van der Waals surface area contributed by atoms with Crippen LogP contribution < -0.4 is 0 Å². The number of aryl methyl sites for hydroxylation is 3. The van der Waals surface area contributed by atoms with E-state index in [1.54, 1.807) is 28.7 Å². The Kier molecular flexibility index (Phi) is 4.16. The Bertz CT molecular complexity index is 1570. The van der Waals surface area contributed by atoms with Crippen molar-refractivity contribution in [1.29, 1.82) is 0 Å². The number of thiophene rings is 2. The van der Waals surface area contributed by atoms with Crippen LogP contribution in [0.5, 0.6) is 0 Å². The number of carbonyl (C=O) groups excluding carboxylic acids is 2. The number of rotatable bonds is 2. The molecule has 6 rings (SSSR count). The fourth-order valence-corrected chi connectivity index (χ4v) is 6.59. The van der Waals surface area contributed by atoms with Crippen molar-refractivity contribution in [3.05, 3.63) is 87.3 Å². The van der Waals surface area contributed by atoms with E-state index < -0.39 is 0 Å². The van der Waals surface area contributed by atoms with Crippen LogP contribution in [-0.4, -0.2) is 16.1 Å². The summed E-state index contributed by atoms with van der Waals surface area (Å²) < 4.78 is 4.62. The predicted molar refractivity (Wildman–Crippen MR) is 134 cm³/mol. The van der Waals surface area contributed by atoms with Gasteiger partial charge in [0.05, 0.1) is 26.4 Å². The molecule has 0 N–H and O–H groups in total. The highest BCUT2D eigenvalue weighted by atomic mass is 32.1. The van der Waals surface area contributed by atoms with E-state index in [0.717, 1.165) is 26.2 Å². The van der Waals surface area contributed by atoms with Gasteiger partial charge in [0.2, 0.25) is 0 Å². The second kappa shape index (κ2) is 6.86. The second-order valence-corrected chi connectivity index (χ2v) is 10.5. The normalized spacial score (nSPS) is 13.5. The van der Waals surface area contributed by atoms with Crippen LogP contribution >= 0.6 is 22.7 Å². The average Bonchev–Trinajstić information content (AvgIpc) is 3.50. The lowest BCUT2D eigenvalue weighted by molar-refractivity contribution is 0.0990. The molecular formula is C27H19NO2S2. The van der Waals surface area contributed by atoms with E-state index >= 15 is 0 Å². The smallest absolute Gasteiger partial charge is 0.197 e. The van der Waals surface area contributed by atoms with Gasteiger partial charge < -0.3 is 4.57 Å². The summed E-state index contributed by atoms with van der Waals surface area (Å²) in [7, 11) is 2.07. The molecule has 0 unspecified atom stereocenters. The lowest BCUT2D eigenvalue weighted by Crippen LogP contribution is -1.99. The van der Waals surface area contributed by atoms with Gasteiger partial charge in [0, 0.05) is 27.8 Å². The van der Waals surface area contributed by atoms with Crippen LogP contribution in [0.15, 0.2) is 60.2 Å². The van der Waals surface area contributed by atoms with Crippen molar-refractivity contribution in [3.8, 4) is 10.6 Å². The molecule has 0 bridgehead atoms. The lowest BCUT2D eigenvalue weighted by atomic mass is 10.0. The highest BCUT2D eigenvalue weighted by molar-refractivity contribution is 7.22. The minimum Gasteiger partial charge on any atom is -0.342 e. The Morgan fingerprint density at radius 3 is 2.16 bits per heavy atom. The molecule has 2 aromatic carbocycles. The molecule has 0 fully saturated rings. The molecule has 1 aliphatic carbocycles. The highest BCUT2D eigenvalue weighted by Crippen LogP contribution is 2.39. The number of benzene rings is 2. The van der Waals surface area contributed by atoms with Crippen molar-refractivity contribution in [2.24, 2.45) is 7.05 Å². The summed E-state index contributed by atoms with van der Waals surface area (Å²) in [5.41, 5.74) is 5.66. The third kappa shape index (κ3) is 2.78. The Balaban J connectivity index is 1.40. The highest BCUT2D eigenvalue weighted by Gasteiger charge is 2.33. The summed E-state index contributed by atoms with van der Waals surface area (Å²) in [5, 5.41) is 1.26. The number of ketones is 2. The van der Waals surface area contributed by atoms with Crippen molar-refractivity contribution >= 4 is 60.6 Å². The Morgan fingerprint density at radius 2 is 1.50 bits per heavy atom. The topological polar surface area (TPSA) is 39.1 Å². The molecule has 0 saturated carbocycles. The standard InChI is InChI=1S/C27H19NO2S2/c1-14-8-18-19(9-15(14)2)27(30)20(26(18)29)11-17-12-21-25(31-17)13-22(28(21)3)24-10-16-6-4-5-7-23(16)32-24/h4-13H,1-3H3. The molecule has 0 saturated heterocycles. The first kappa shape index (κ1) is 19.4. The minimum absolute atomic E-state index is 0.170. The summed E-state index contributed by atoms with van der Waals surface area (Å²) in [6, 6.07) is 18.6. The summed E-state index contributed by atoms with van der Waals surface area (Å²) in [6.45, 7) is 3.93. The zero-order valence-electron chi connectivity index (χ0n) is 17.9. The molecular weight excluding hydrogens is 434 g/mol. The number of aromatic nitrogens is 1. The van der Waals surface area contributed by atoms with E-state index in [4.69, 9.17) is 0 Å². The van der Waals surface area contributed by atoms with Gasteiger partial charge in [0.15, 0.2) is 11.6 Å². The number of nitrogens with zero attached hydrogens (tertiary/aromatic N) is 1. The summed E-state index contributed by atoms with van der Waals surface area (Å²) in [6.07, 6.45) is 1.76. The first-order valence-corrected chi connectivity index (χ1v) is 12.0. The minimum atomic E-state index is -0.170. The Hall–Kier alpha value is -3.28. The van der Waals surface area contributed by atoms with Gasteiger partial charge in [-0.05, 0) is 72.8 Å². The van der Waals surface area contributed by atoms with Gasteiger partial charge in [-0.25, -0.2) is 0 Å². The first-order chi connectivity index (χ1) is 15.4. The maximum absolute atomic E-state index is 12.9. The monoisotopic (exact) mass is 453 g/mol. The summed E-state index contributed by atoms with van der Waals surface area (Å²) >= 11 is 3.40. The van der Waals surface area contributed by atoms with Gasteiger partial charge in [0.1, 0.15) is 0 Å². The SMILES string of the molecule is Cc1cc2c(cc1C)C(=O)C(=Cc1cc3c(cc(-c4cc5ccccc5s4)n3C)s1)C2=O. The molecule has 0 atom stereocenters. The van der Waals surface area contributed by atoms with Crippen molar-refractivity contribution in [1.82, 2.24) is 4.57 Å². The number of carbonyl (C=O) groups is 2. The molecule has 0 aliphatic heterocycles. The number of fused-ring (bicyclic) bond motifs is 3. The van der Waals surface area contributed by atoms with Gasteiger partial charge in [-0.15, -0.1) is 22.7 Å². The maximum atomic E-state index is 12.9. The van der Waals surface area contributed by atoms with Gasteiger partial charge in [-0.2, -0.15) is 0 Å². The maximum Gasteiger partial charge on any atom is 0.197 e. The van der Waals surface area contributed by atoms with Crippen LogP contribution in [0.2, 0.25) is 0 Å². The summed E-state index contributed by atoms with van der Waals surface area (Å²) in [5.74, 6) is -0.340. The lowest BCUT2D eigenvalue weighted by Gasteiger charge is -2.01. The third-order valence-corrected chi connectivity index (χ3v) is 8.48. The van der Waals surface area contributed by atoms with Crippen molar-refractivity contribution < 1.29 is 9.59 Å². The van der Waals surface area contributed by atoms with Crippen LogP contribution in [-0.2, 0) is 7.05 Å². The van der Waals surface area contributed by atoms with E-state index in [1.807, 2.05) is 26.0 Å². The Morgan fingerprint density at radius 1 is 0.812 bits per heavy atom. The van der Waals surface area contributed by atoms with Crippen LogP contribution in [0.1, 0.15) is 36.7 Å². The molecule has 0 radical (unpaired) electrons. The molecule has 0 amide bonds.